The number of rotatable bonds is 2. The maximum atomic E-state index is 5.82. The van der Waals surface area contributed by atoms with Crippen LogP contribution < -0.4 is 10.5 Å². The highest BCUT2D eigenvalue weighted by atomic mass is 16.5. The van der Waals surface area contributed by atoms with E-state index < -0.39 is 0 Å². The molecular formula is C12H17N3O. The van der Waals surface area contributed by atoms with Crippen LogP contribution in [0.2, 0.25) is 0 Å². The molecule has 1 aliphatic heterocycles. The first kappa shape index (κ1) is 10.8. The Morgan fingerprint density at radius 2 is 2.12 bits per heavy atom. The van der Waals surface area contributed by atoms with Crippen LogP contribution in [0.25, 0.3) is 0 Å². The molecule has 4 heteroatoms. The number of aliphatic imine (C=N–C) groups is 1. The predicted octanol–water partition coefficient (Wildman–Crippen LogP) is 1.17. The van der Waals surface area contributed by atoms with Gasteiger partial charge in [0.1, 0.15) is 5.75 Å². The Morgan fingerprint density at radius 1 is 1.44 bits per heavy atom. The summed E-state index contributed by atoms with van der Waals surface area (Å²) in [6.45, 7) is 2.78. The van der Waals surface area contributed by atoms with E-state index in [2.05, 4.69) is 18.0 Å². The predicted molar refractivity (Wildman–Crippen MR) is 64.6 cm³/mol. The third kappa shape index (κ3) is 1.41. The second-order valence-electron chi connectivity index (χ2n) is 4.21. The van der Waals surface area contributed by atoms with Crippen molar-refractivity contribution in [2.24, 2.45) is 10.7 Å². The largest absolute Gasteiger partial charge is 0.496 e. The average molecular weight is 219 g/mol. The zero-order chi connectivity index (χ0) is 11.8. The van der Waals surface area contributed by atoms with Gasteiger partial charge in [0.05, 0.1) is 19.2 Å². The van der Waals surface area contributed by atoms with E-state index in [0.29, 0.717) is 12.5 Å². The molecule has 0 saturated heterocycles. The van der Waals surface area contributed by atoms with Crippen molar-refractivity contribution >= 4 is 5.96 Å². The topological polar surface area (TPSA) is 50.9 Å². The molecule has 1 aliphatic rings. The Morgan fingerprint density at radius 3 is 2.69 bits per heavy atom. The summed E-state index contributed by atoms with van der Waals surface area (Å²) in [6.07, 6.45) is 0. The number of likely N-dealkylation sites (N-methyl/N-ethyl adjacent to an activating group) is 1. The van der Waals surface area contributed by atoms with Gasteiger partial charge in [0, 0.05) is 12.6 Å². The molecule has 0 radical (unpaired) electrons. The number of hydrogen-bond acceptors (Lipinski definition) is 4. The molecule has 1 unspecified atom stereocenters. The first-order valence-electron chi connectivity index (χ1n) is 5.27. The monoisotopic (exact) mass is 219 g/mol. The summed E-state index contributed by atoms with van der Waals surface area (Å²) in [4.78, 5) is 6.28. The lowest BCUT2D eigenvalue weighted by atomic mass is 9.90. The molecule has 1 aromatic carbocycles. The van der Waals surface area contributed by atoms with Gasteiger partial charge in [0.2, 0.25) is 0 Å². The van der Waals surface area contributed by atoms with Crippen molar-refractivity contribution < 1.29 is 4.74 Å². The molecule has 1 aromatic rings. The van der Waals surface area contributed by atoms with E-state index in [4.69, 9.17) is 10.5 Å². The molecule has 0 saturated carbocycles. The van der Waals surface area contributed by atoms with Crippen LogP contribution in [0, 0.1) is 0 Å². The van der Waals surface area contributed by atoms with E-state index in [1.54, 1.807) is 7.11 Å². The number of nitrogens with zero attached hydrogens (tertiary/aromatic N) is 2. The molecule has 0 aliphatic carbocycles. The quantitative estimate of drug-likeness (QED) is 0.812. The molecule has 2 N–H and O–H groups in total. The lowest BCUT2D eigenvalue weighted by Gasteiger charge is -2.34. The van der Waals surface area contributed by atoms with Crippen molar-refractivity contribution in [3.05, 3.63) is 29.8 Å². The van der Waals surface area contributed by atoms with Gasteiger partial charge in [-0.15, -0.1) is 0 Å². The number of guanidine groups is 1. The smallest absolute Gasteiger partial charge is 0.191 e. The standard InChI is InChI=1S/C12H17N3O/c1-12(8-14-11(13)15(12)2)9-6-4-5-7-10(9)16-3/h4-7H,8H2,1-3H3,(H2,13,14). The van der Waals surface area contributed by atoms with Crippen LogP contribution in [0.4, 0.5) is 0 Å². The van der Waals surface area contributed by atoms with E-state index in [1.807, 2.05) is 30.1 Å². The van der Waals surface area contributed by atoms with Crippen LogP contribution in [0.1, 0.15) is 12.5 Å². The average Bonchev–Trinajstić information content (AvgIpc) is 2.58. The molecule has 0 amide bonds. The highest BCUT2D eigenvalue weighted by Gasteiger charge is 2.38. The first-order chi connectivity index (χ1) is 7.59. The van der Waals surface area contributed by atoms with Crippen LogP contribution >= 0.6 is 0 Å². The molecule has 86 valence electrons. The molecule has 1 atom stereocenters. The van der Waals surface area contributed by atoms with Crippen molar-refractivity contribution in [1.29, 1.82) is 0 Å². The Bertz CT molecular complexity index is 430. The SMILES string of the molecule is COc1ccccc1C1(C)CN=C(N)N1C. The normalized spacial score (nSPS) is 24.4. The van der Waals surface area contributed by atoms with Gasteiger partial charge >= 0.3 is 0 Å². The molecule has 16 heavy (non-hydrogen) atoms. The van der Waals surface area contributed by atoms with Gasteiger partial charge in [-0.2, -0.15) is 0 Å². The van der Waals surface area contributed by atoms with Crippen LogP contribution in [0.15, 0.2) is 29.3 Å². The summed E-state index contributed by atoms with van der Waals surface area (Å²) in [5.41, 5.74) is 6.72. The van der Waals surface area contributed by atoms with Crippen molar-refractivity contribution in [3.63, 3.8) is 0 Å². The summed E-state index contributed by atoms with van der Waals surface area (Å²) < 4.78 is 5.39. The highest BCUT2D eigenvalue weighted by Crippen LogP contribution is 2.36. The Balaban J connectivity index is 2.45. The minimum Gasteiger partial charge on any atom is -0.496 e. The van der Waals surface area contributed by atoms with Gasteiger partial charge in [-0.25, -0.2) is 0 Å². The van der Waals surface area contributed by atoms with E-state index in [0.717, 1.165) is 11.3 Å². The molecular weight excluding hydrogens is 202 g/mol. The van der Waals surface area contributed by atoms with Crippen molar-refractivity contribution in [2.75, 3.05) is 20.7 Å². The summed E-state index contributed by atoms with van der Waals surface area (Å²) >= 11 is 0. The molecule has 2 rings (SSSR count). The molecule has 0 spiro atoms. The number of methoxy groups -OCH3 is 1. The van der Waals surface area contributed by atoms with E-state index in [9.17, 15) is 0 Å². The molecule has 0 aromatic heterocycles. The second kappa shape index (κ2) is 3.70. The van der Waals surface area contributed by atoms with E-state index >= 15 is 0 Å². The van der Waals surface area contributed by atoms with Crippen LogP contribution in [0.3, 0.4) is 0 Å². The van der Waals surface area contributed by atoms with Gasteiger partial charge in [0.15, 0.2) is 5.96 Å². The molecule has 1 heterocycles. The Hall–Kier alpha value is -1.71. The highest BCUT2D eigenvalue weighted by molar-refractivity contribution is 5.81. The molecule has 4 nitrogen and oxygen atoms in total. The van der Waals surface area contributed by atoms with Crippen molar-refractivity contribution in [1.82, 2.24) is 4.90 Å². The minimum atomic E-state index is -0.212. The maximum absolute atomic E-state index is 5.82. The van der Waals surface area contributed by atoms with Gasteiger partial charge < -0.3 is 15.4 Å². The number of nitrogens with two attached hydrogens (primary N) is 1. The van der Waals surface area contributed by atoms with E-state index in [1.165, 1.54) is 0 Å². The third-order valence-electron chi connectivity index (χ3n) is 3.32. The fraction of sp³-hybridized carbons (Fsp3) is 0.417. The fourth-order valence-electron chi connectivity index (χ4n) is 2.06. The van der Waals surface area contributed by atoms with Crippen LogP contribution in [-0.4, -0.2) is 31.6 Å². The van der Waals surface area contributed by atoms with Crippen LogP contribution in [-0.2, 0) is 5.54 Å². The molecule has 0 fully saturated rings. The minimum absolute atomic E-state index is 0.212. The maximum Gasteiger partial charge on any atom is 0.191 e. The summed E-state index contributed by atoms with van der Waals surface area (Å²) in [6, 6.07) is 7.99. The van der Waals surface area contributed by atoms with Gasteiger partial charge in [0.25, 0.3) is 0 Å². The van der Waals surface area contributed by atoms with Crippen molar-refractivity contribution in [2.45, 2.75) is 12.5 Å². The van der Waals surface area contributed by atoms with Gasteiger partial charge in [-0.3, -0.25) is 4.99 Å². The Labute approximate surface area is 95.7 Å². The zero-order valence-electron chi connectivity index (χ0n) is 9.90. The second-order valence-corrected chi connectivity index (χ2v) is 4.21. The first-order valence-corrected chi connectivity index (χ1v) is 5.27. The fourth-order valence-corrected chi connectivity index (χ4v) is 2.06. The zero-order valence-corrected chi connectivity index (χ0v) is 9.90. The summed E-state index contributed by atoms with van der Waals surface area (Å²) in [5, 5.41) is 0. The summed E-state index contributed by atoms with van der Waals surface area (Å²) in [7, 11) is 3.64. The van der Waals surface area contributed by atoms with Gasteiger partial charge in [-0.1, -0.05) is 18.2 Å². The summed E-state index contributed by atoms with van der Waals surface area (Å²) in [5.74, 6) is 1.45. The lowest BCUT2D eigenvalue weighted by molar-refractivity contribution is 0.256. The van der Waals surface area contributed by atoms with Crippen LogP contribution in [0.5, 0.6) is 5.75 Å². The molecule has 0 bridgehead atoms. The number of hydrogen-bond donors (Lipinski definition) is 1. The number of ether oxygens (including phenoxy) is 1. The van der Waals surface area contributed by atoms with E-state index in [-0.39, 0.29) is 5.54 Å². The number of benzene rings is 1. The lowest BCUT2D eigenvalue weighted by Crippen LogP contribution is -2.44. The van der Waals surface area contributed by atoms with Gasteiger partial charge in [-0.05, 0) is 13.0 Å². The van der Waals surface area contributed by atoms with Crippen molar-refractivity contribution in [3.8, 4) is 5.75 Å². The third-order valence-corrected chi connectivity index (χ3v) is 3.32. The number of para-hydroxylation sites is 1. The Kier molecular flexibility index (Phi) is 2.50.